The highest BCUT2D eigenvalue weighted by molar-refractivity contribution is 5.35. The van der Waals surface area contributed by atoms with E-state index in [1.54, 1.807) is 0 Å². The molecule has 1 aliphatic rings. The highest BCUT2D eigenvalue weighted by atomic mass is 16.8. The molecule has 2 atom stereocenters. The number of hydrogen-bond donors (Lipinski definition) is 0. The lowest BCUT2D eigenvalue weighted by molar-refractivity contribution is -0.145. The summed E-state index contributed by atoms with van der Waals surface area (Å²) in [5, 5.41) is 9.21. The van der Waals surface area contributed by atoms with E-state index in [2.05, 4.69) is 6.07 Å². The fourth-order valence-electron chi connectivity index (χ4n) is 2.51. The van der Waals surface area contributed by atoms with E-state index in [0.29, 0.717) is 0 Å². The van der Waals surface area contributed by atoms with Crippen LogP contribution in [0.4, 0.5) is 0 Å². The predicted molar refractivity (Wildman–Crippen MR) is 74.7 cm³/mol. The predicted octanol–water partition coefficient (Wildman–Crippen LogP) is 3.22. The standard InChI is InChI=1S/C17H15NO2/c1-13-16(12-18)20-17(19-13,14-8-4-2-5-9-14)15-10-6-3-7-11-15/h2-11,13,16H,1H3/t13-,16+/m1/s1. The molecule has 100 valence electrons. The van der Waals surface area contributed by atoms with Crippen LogP contribution in [0.3, 0.4) is 0 Å². The van der Waals surface area contributed by atoms with Gasteiger partial charge in [0.25, 0.3) is 0 Å². The van der Waals surface area contributed by atoms with Gasteiger partial charge in [0.1, 0.15) is 0 Å². The second kappa shape index (κ2) is 5.09. The third kappa shape index (κ3) is 2.00. The van der Waals surface area contributed by atoms with Crippen molar-refractivity contribution in [3.63, 3.8) is 0 Å². The van der Waals surface area contributed by atoms with E-state index in [1.807, 2.05) is 67.6 Å². The van der Waals surface area contributed by atoms with Crippen molar-refractivity contribution >= 4 is 0 Å². The minimum absolute atomic E-state index is 0.277. The van der Waals surface area contributed by atoms with E-state index in [4.69, 9.17) is 9.47 Å². The number of rotatable bonds is 2. The Balaban J connectivity index is 2.13. The van der Waals surface area contributed by atoms with Gasteiger partial charge in [-0.05, 0) is 6.92 Å². The van der Waals surface area contributed by atoms with Crippen molar-refractivity contribution < 1.29 is 9.47 Å². The fourth-order valence-corrected chi connectivity index (χ4v) is 2.51. The van der Waals surface area contributed by atoms with Crippen LogP contribution in [-0.2, 0) is 15.3 Å². The molecule has 2 aromatic rings. The van der Waals surface area contributed by atoms with Gasteiger partial charge in [0, 0.05) is 11.1 Å². The second-order valence-electron chi connectivity index (χ2n) is 4.84. The number of nitriles is 1. The van der Waals surface area contributed by atoms with Gasteiger partial charge in [-0.25, -0.2) is 0 Å². The number of ether oxygens (including phenoxy) is 2. The number of hydrogen-bond acceptors (Lipinski definition) is 3. The largest absolute Gasteiger partial charge is 0.335 e. The van der Waals surface area contributed by atoms with Crippen LogP contribution < -0.4 is 0 Å². The van der Waals surface area contributed by atoms with Crippen molar-refractivity contribution in [1.29, 1.82) is 5.26 Å². The molecule has 3 heteroatoms. The molecule has 0 aliphatic carbocycles. The van der Waals surface area contributed by atoms with Gasteiger partial charge >= 0.3 is 0 Å². The van der Waals surface area contributed by atoms with Gasteiger partial charge in [0.05, 0.1) is 12.2 Å². The summed E-state index contributed by atoms with van der Waals surface area (Å²) in [4.78, 5) is 0. The lowest BCUT2D eigenvalue weighted by Crippen LogP contribution is -2.29. The van der Waals surface area contributed by atoms with E-state index in [-0.39, 0.29) is 6.10 Å². The monoisotopic (exact) mass is 265 g/mol. The van der Waals surface area contributed by atoms with Crippen LogP contribution in [0.5, 0.6) is 0 Å². The molecule has 0 bridgehead atoms. The second-order valence-corrected chi connectivity index (χ2v) is 4.84. The third-order valence-electron chi connectivity index (χ3n) is 3.51. The molecule has 1 saturated heterocycles. The highest BCUT2D eigenvalue weighted by Crippen LogP contribution is 2.42. The summed E-state index contributed by atoms with van der Waals surface area (Å²) in [7, 11) is 0. The van der Waals surface area contributed by atoms with Gasteiger partial charge in [0.15, 0.2) is 6.10 Å². The Labute approximate surface area is 118 Å². The first-order valence-corrected chi connectivity index (χ1v) is 6.62. The summed E-state index contributed by atoms with van der Waals surface area (Å²) in [5.74, 6) is -0.998. The summed E-state index contributed by atoms with van der Waals surface area (Å²) in [6, 6.07) is 21.7. The first-order chi connectivity index (χ1) is 9.76. The molecular formula is C17H15NO2. The van der Waals surface area contributed by atoms with Crippen molar-refractivity contribution in [2.75, 3.05) is 0 Å². The minimum atomic E-state index is -0.998. The zero-order valence-electron chi connectivity index (χ0n) is 11.2. The molecule has 0 unspecified atom stereocenters. The molecule has 0 amide bonds. The Hall–Kier alpha value is -2.15. The smallest absolute Gasteiger partial charge is 0.224 e. The molecular weight excluding hydrogens is 250 g/mol. The van der Waals surface area contributed by atoms with Gasteiger partial charge in [0.2, 0.25) is 5.79 Å². The Bertz CT molecular complexity index is 579. The number of nitrogens with zero attached hydrogens (tertiary/aromatic N) is 1. The van der Waals surface area contributed by atoms with Crippen LogP contribution in [0.1, 0.15) is 18.1 Å². The highest BCUT2D eigenvalue weighted by Gasteiger charge is 2.48. The van der Waals surface area contributed by atoms with Gasteiger partial charge in [-0.2, -0.15) is 5.26 Å². The van der Waals surface area contributed by atoms with Crippen LogP contribution in [0.2, 0.25) is 0 Å². The molecule has 3 rings (SSSR count). The van der Waals surface area contributed by atoms with Gasteiger partial charge in [-0.15, -0.1) is 0 Å². The molecule has 0 N–H and O–H groups in total. The summed E-state index contributed by atoms with van der Waals surface area (Å²) < 4.78 is 12.1. The quantitative estimate of drug-likeness (QED) is 0.837. The molecule has 20 heavy (non-hydrogen) atoms. The van der Waals surface area contributed by atoms with E-state index >= 15 is 0 Å². The van der Waals surface area contributed by atoms with Crippen LogP contribution in [0.25, 0.3) is 0 Å². The maximum absolute atomic E-state index is 9.21. The lowest BCUT2D eigenvalue weighted by atomic mass is 9.97. The molecule has 0 saturated carbocycles. The first-order valence-electron chi connectivity index (χ1n) is 6.62. The van der Waals surface area contributed by atoms with Crippen LogP contribution in [0.15, 0.2) is 60.7 Å². The van der Waals surface area contributed by atoms with Crippen molar-refractivity contribution in [2.24, 2.45) is 0 Å². The van der Waals surface area contributed by atoms with Crippen LogP contribution in [-0.4, -0.2) is 12.2 Å². The average molecular weight is 265 g/mol. The number of benzene rings is 2. The maximum Gasteiger partial charge on any atom is 0.224 e. The van der Waals surface area contributed by atoms with Crippen molar-refractivity contribution in [1.82, 2.24) is 0 Å². The third-order valence-corrected chi connectivity index (χ3v) is 3.51. The van der Waals surface area contributed by atoms with E-state index < -0.39 is 11.9 Å². The Morgan fingerprint density at radius 2 is 1.40 bits per heavy atom. The molecule has 0 aromatic heterocycles. The van der Waals surface area contributed by atoms with E-state index in [1.165, 1.54) is 0 Å². The zero-order valence-corrected chi connectivity index (χ0v) is 11.2. The normalized spacial score (nSPS) is 24.2. The zero-order chi connectivity index (χ0) is 14.0. The molecule has 3 nitrogen and oxygen atoms in total. The average Bonchev–Trinajstić information content (AvgIpc) is 2.87. The fraction of sp³-hybridized carbons (Fsp3) is 0.235. The minimum Gasteiger partial charge on any atom is -0.335 e. The molecule has 1 heterocycles. The molecule has 2 aromatic carbocycles. The molecule has 1 aliphatic heterocycles. The van der Waals surface area contributed by atoms with Crippen molar-refractivity contribution in [3.05, 3.63) is 71.8 Å². The van der Waals surface area contributed by atoms with Crippen LogP contribution >= 0.6 is 0 Å². The summed E-state index contributed by atoms with van der Waals surface area (Å²) in [6.45, 7) is 1.86. The van der Waals surface area contributed by atoms with Gasteiger partial charge in [-0.3, -0.25) is 0 Å². The first kappa shape index (κ1) is 12.9. The van der Waals surface area contributed by atoms with Crippen LogP contribution in [0, 0.1) is 11.3 Å². The molecule has 0 spiro atoms. The maximum atomic E-state index is 9.21. The van der Waals surface area contributed by atoms with E-state index in [0.717, 1.165) is 11.1 Å². The van der Waals surface area contributed by atoms with Crippen molar-refractivity contribution in [2.45, 2.75) is 24.9 Å². The van der Waals surface area contributed by atoms with Gasteiger partial charge in [-0.1, -0.05) is 60.7 Å². The molecule has 0 radical (unpaired) electrons. The SMILES string of the molecule is C[C@H]1OC(c2ccccc2)(c2ccccc2)O[C@H]1C#N. The Kier molecular flexibility index (Phi) is 3.27. The van der Waals surface area contributed by atoms with Crippen molar-refractivity contribution in [3.8, 4) is 6.07 Å². The summed E-state index contributed by atoms with van der Waals surface area (Å²) >= 11 is 0. The van der Waals surface area contributed by atoms with E-state index in [9.17, 15) is 5.26 Å². The topological polar surface area (TPSA) is 42.2 Å². The molecule has 1 fully saturated rings. The Morgan fingerprint density at radius 1 is 0.900 bits per heavy atom. The van der Waals surface area contributed by atoms with Gasteiger partial charge < -0.3 is 9.47 Å². The Morgan fingerprint density at radius 3 is 1.80 bits per heavy atom. The summed E-state index contributed by atoms with van der Waals surface area (Å²) in [5.41, 5.74) is 1.80. The summed E-state index contributed by atoms with van der Waals surface area (Å²) in [6.07, 6.45) is -0.851. The lowest BCUT2D eigenvalue weighted by Gasteiger charge is -2.28.